The lowest BCUT2D eigenvalue weighted by Gasteiger charge is -2.19. The highest BCUT2D eigenvalue weighted by Gasteiger charge is 2.26. The molecule has 104 valence electrons. The van der Waals surface area contributed by atoms with Crippen molar-refractivity contribution < 1.29 is 4.65 Å². The average Bonchev–Trinajstić information content (AvgIpc) is 3.11. The lowest BCUT2D eigenvalue weighted by molar-refractivity contribution is 0.417. The lowest BCUT2D eigenvalue weighted by Crippen LogP contribution is -2.39. The van der Waals surface area contributed by atoms with Gasteiger partial charge in [0.2, 0.25) is 5.96 Å². The predicted molar refractivity (Wildman–Crippen MR) is 77.9 cm³/mol. The molecule has 0 amide bonds. The summed E-state index contributed by atoms with van der Waals surface area (Å²) in [4.78, 5) is 2.01. The first-order valence-corrected chi connectivity index (χ1v) is 6.66. The first-order chi connectivity index (χ1) is 9.79. The molecule has 20 heavy (non-hydrogen) atoms. The Kier molecular flexibility index (Phi) is 3.66. The SMILES string of the molecule is COBNC1CCN(C(=N)n2nnc3ccccc32)C1. The van der Waals surface area contributed by atoms with Crippen molar-refractivity contribution >= 4 is 24.6 Å². The second-order valence-electron chi connectivity index (χ2n) is 4.88. The summed E-state index contributed by atoms with van der Waals surface area (Å²) >= 11 is 0. The third-order valence-corrected chi connectivity index (χ3v) is 3.56. The molecule has 8 heteroatoms. The van der Waals surface area contributed by atoms with E-state index in [1.54, 1.807) is 11.8 Å². The summed E-state index contributed by atoms with van der Waals surface area (Å²) in [6.07, 6.45) is 0.998. The van der Waals surface area contributed by atoms with Gasteiger partial charge in [0, 0.05) is 26.2 Å². The van der Waals surface area contributed by atoms with Crippen LogP contribution in [0.15, 0.2) is 24.3 Å². The van der Waals surface area contributed by atoms with Crippen molar-refractivity contribution in [2.24, 2.45) is 0 Å². The standard InChI is InChI=1S/C12H17BN6O/c1-20-13-15-9-6-7-18(8-9)12(14)19-11-5-3-2-4-10(11)16-17-19/h2-5,9,13-15H,6-8H2,1H3. The molecule has 2 heterocycles. The van der Waals surface area contributed by atoms with Gasteiger partial charge >= 0.3 is 7.62 Å². The number of para-hydroxylation sites is 1. The molecule has 1 fully saturated rings. The van der Waals surface area contributed by atoms with E-state index in [9.17, 15) is 0 Å². The number of benzene rings is 1. The second kappa shape index (κ2) is 5.60. The van der Waals surface area contributed by atoms with Crippen LogP contribution in [0.1, 0.15) is 6.42 Å². The molecular formula is C12H17BN6O. The highest BCUT2D eigenvalue weighted by atomic mass is 16.4. The molecule has 1 aromatic heterocycles. The summed E-state index contributed by atoms with van der Waals surface area (Å²) in [5, 5.41) is 19.8. The molecule has 0 radical (unpaired) electrons. The molecule has 7 nitrogen and oxygen atoms in total. The fourth-order valence-corrected chi connectivity index (χ4v) is 2.48. The fourth-order valence-electron chi connectivity index (χ4n) is 2.48. The number of nitrogens with one attached hydrogen (secondary N) is 2. The van der Waals surface area contributed by atoms with Crippen LogP contribution in [0.25, 0.3) is 11.0 Å². The van der Waals surface area contributed by atoms with E-state index in [1.165, 1.54) is 0 Å². The minimum atomic E-state index is 0.352. The van der Waals surface area contributed by atoms with Crippen molar-refractivity contribution in [2.45, 2.75) is 12.5 Å². The number of aromatic nitrogens is 3. The molecule has 1 aliphatic heterocycles. The van der Waals surface area contributed by atoms with Gasteiger partial charge in [0.15, 0.2) is 0 Å². The van der Waals surface area contributed by atoms with Gasteiger partial charge in [-0.05, 0) is 18.6 Å². The van der Waals surface area contributed by atoms with Crippen LogP contribution in [0, 0.1) is 5.41 Å². The molecule has 1 aliphatic rings. The fraction of sp³-hybridized carbons (Fsp3) is 0.417. The molecule has 0 aliphatic carbocycles. The van der Waals surface area contributed by atoms with Gasteiger partial charge in [-0.3, -0.25) is 5.41 Å². The highest BCUT2D eigenvalue weighted by Crippen LogP contribution is 2.14. The van der Waals surface area contributed by atoms with Crippen LogP contribution in [0.3, 0.4) is 0 Å². The monoisotopic (exact) mass is 272 g/mol. The van der Waals surface area contributed by atoms with Crippen LogP contribution in [-0.4, -0.2) is 59.7 Å². The molecule has 0 saturated carbocycles. The van der Waals surface area contributed by atoms with Gasteiger partial charge in [-0.25, -0.2) is 0 Å². The first kappa shape index (κ1) is 13.1. The van der Waals surface area contributed by atoms with Crippen molar-refractivity contribution in [2.75, 3.05) is 20.2 Å². The second-order valence-corrected chi connectivity index (χ2v) is 4.88. The minimum Gasteiger partial charge on any atom is -0.427 e. The van der Waals surface area contributed by atoms with Crippen LogP contribution < -0.4 is 5.23 Å². The van der Waals surface area contributed by atoms with E-state index in [0.717, 1.165) is 30.5 Å². The van der Waals surface area contributed by atoms with Gasteiger partial charge in [0.1, 0.15) is 5.52 Å². The quantitative estimate of drug-likeness (QED) is 0.459. The van der Waals surface area contributed by atoms with Crippen molar-refractivity contribution in [3.05, 3.63) is 24.3 Å². The van der Waals surface area contributed by atoms with E-state index in [0.29, 0.717) is 19.6 Å². The Morgan fingerprint density at radius 2 is 2.35 bits per heavy atom. The number of fused-ring (bicyclic) bond motifs is 1. The largest absolute Gasteiger partial charge is 0.427 e. The van der Waals surface area contributed by atoms with Crippen molar-refractivity contribution in [3.8, 4) is 0 Å². The van der Waals surface area contributed by atoms with Gasteiger partial charge in [0.25, 0.3) is 0 Å². The predicted octanol–water partition coefficient (Wildman–Crippen LogP) is -0.209. The molecule has 1 atom stereocenters. The van der Waals surface area contributed by atoms with Gasteiger partial charge in [0.05, 0.1) is 5.52 Å². The maximum Gasteiger partial charge on any atom is 0.360 e. The van der Waals surface area contributed by atoms with Crippen molar-refractivity contribution in [1.29, 1.82) is 5.41 Å². The molecule has 0 bridgehead atoms. The Balaban J connectivity index is 1.73. The number of rotatable bonds is 3. The molecule has 1 unspecified atom stereocenters. The molecule has 0 spiro atoms. The summed E-state index contributed by atoms with van der Waals surface area (Å²) < 4.78 is 6.61. The van der Waals surface area contributed by atoms with Crippen LogP contribution in [0.2, 0.25) is 0 Å². The first-order valence-electron chi connectivity index (χ1n) is 6.66. The zero-order valence-corrected chi connectivity index (χ0v) is 11.4. The Labute approximate surface area is 117 Å². The van der Waals surface area contributed by atoms with Crippen molar-refractivity contribution in [3.63, 3.8) is 0 Å². The third kappa shape index (κ3) is 2.39. The third-order valence-electron chi connectivity index (χ3n) is 3.56. The summed E-state index contributed by atoms with van der Waals surface area (Å²) in [7, 11) is 2.21. The zero-order valence-electron chi connectivity index (χ0n) is 11.4. The number of hydrogen-bond donors (Lipinski definition) is 2. The topological polar surface area (TPSA) is 79.1 Å². The molecule has 1 saturated heterocycles. The minimum absolute atomic E-state index is 0.352. The summed E-state index contributed by atoms with van der Waals surface area (Å²) in [6, 6.07) is 8.04. The molecular weight excluding hydrogens is 255 g/mol. The molecule has 2 aromatic rings. The smallest absolute Gasteiger partial charge is 0.360 e. The lowest BCUT2D eigenvalue weighted by atomic mass is 10.1. The van der Waals surface area contributed by atoms with Gasteiger partial charge < -0.3 is 14.8 Å². The van der Waals surface area contributed by atoms with E-state index in [-0.39, 0.29) is 0 Å². The Bertz CT molecular complexity index is 615. The van der Waals surface area contributed by atoms with Gasteiger partial charge in [-0.2, -0.15) is 4.68 Å². The average molecular weight is 272 g/mol. The normalized spacial score (nSPS) is 18.6. The summed E-state index contributed by atoms with van der Waals surface area (Å²) in [5.41, 5.74) is 1.68. The van der Waals surface area contributed by atoms with Crippen LogP contribution >= 0.6 is 0 Å². The number of likely N-dealkylation sites (tertiary alicyclic amines) is 1. The summed E-state index contributed by atoms with van der Waals surface area (Å²) in [6.45, 7) is 1.63. The molecule has 3 rings (SSSR count). The van der Waals surface area contributed by atoms with Gasteiger partial charge in [-0.1, -0.05) is 17.3 Å². The highest BCUT2D eigenvalue weighted by molar-refractivity contribution is 6.23. The van der Waals surface area contributed by atoms with Crippen LogP contribution in [-0.2, 0) is 4.65 Å². The van der Waals surface area contributed by atoms with Gasteiger partial charge in [-0.15, -0.1) is 5.10 Å². The number of hydrogen-bond acceptors (Lipinski definition) is 5. The van der Waals surface area contributed by atoms with Crippen LogP contribution in [0.5, 0.6) is 0 Å². The Hall–Kier alpha value is -1.93. The summed E-state index contributed by atoms with van der Waals surface area (Å²) in [5.74, 6) is 0.375. The van der Waals surface area contributed by atoms with E-state index < -0.39 is 0 Å². The van der Waals surface area contributed by atoms with E-state index >= 15 is 0 Å². The Morgan fingerprint density at radius 3 is 3.20 bits per heavy atom. The van der Waals surface area contributed by atoms with Crippen LogP contribution in [0.4, 0.5) is 0 Å². The number of nitrogens with zero attached hydrogens (tertiary/aromatic N) is 4. The maximum atomic E-state index is 8.32. The van der Waals surface area contributed by atoms with E-state index in [1.807, 2.05) is 29.2 Å². The molecule has 2 N–H and O–H groups in total. The van der Waals surface area contributed by atoms with E-state index in [2.05, 4.69) is 15.5 Å². The molecule has 1 aromatic carbocycles. The van der Waals surface area contributed by atoms with E-state index in [4.69, 9.17) is 10.1 Å². The Morgan fingerprint density at radius 1 is 1.50 bits per heavy atom. The van der Waals surface area contributed by atoms with Crippen molar-refractivity contribution in [1.82, 2.24) is 25.1 Å². The zero-order chi connectivity index (χ0) is 13.9. The maximum absolute atomic E-state index is 8.32.